The standard InChI is InChI=1S/C31H28ClN3O6/c1-31(27-10-7-20(32)15-33-27)40-26-4-2-3-23(29(26)41-31)19-5-8-21(39-17-19)14-28-34-24-9-6-18(30(36)37)13-25(24)35(28)16-22-11-12-38-22/h2-7,9-10,13,15,21-22H,8,11-12,14,16-17H2,1H3,(H,36,37)/t21?,22-,31+/m0/s1. The highest BCUT2D eigenvalue weighted by molar-refractivity contribution is 6.30. The van der Waals surface area contributed by atoms with Crippen LogP contribution < -0.4 is 9.47 Å². The van der Waals surface area contributed by atoms with Crippen LogP contribution in [-0.4, -0.2) is 51.0 Å². The zero-order valence-electron chi connectivity index (χ0n) is 22.4. The van der Waals surface area contributed by atoms with Crippen LogP contribution in [0.15, 0.2) is 60.8 Å². The van der Waals surface area contributed by atoms with Gasteiger partial charge in [0.1, 0.15) is 11.5 Å². The lowest BCUT2D eigenvalue weighted by Crippen LogP contribution is -2.32. The van der Waals surface area contributed by atoms with Crippen LogP contribution in [0.1, 0.15) is 47.2 Å². The molecular weight excluding hydrogens is 546 g/mol. The minimum atomic E-state index is -1.06. The number of hydrogen-bond donors (Lipinski definition) is 1. The number of carboxylic acid groups (broad SMARTS) is 1. The molecule has 1 saturated heterocycles. The molecule has 2 aromatic carbocycles. The summed E-state index contributed by atoms with van der Waals surface area (Å²) in [5.41, 5.74) is 4.39. The minimum absolute atomic E-state index is 0.0759. The second kappa shape index (κ2) is 10.2. The molecule has 7 rings (SSSR count). The third kappa shape index (κ3) is 4.84. The van der Waals surface area contributed by atoms with Gasteiger partial charge in [-0.3, -0.25) is 4.98 Å². The van der Waals surface area contributed by atoms with Gasteiger partial charge in [0.2, 0.25) is 0 Å². The molecule has 0 radical (unpaired) electrons. The summed E-state index contributed by atoms with van der Waals surface area (Å²) >= 11 is 6.02. The zero-order chi connectivity index (χ0) is 28.1. The molecule has 1 N–H and O–H groups in total. The highest BCUT2D eigenvalue weighted by atomic mass is 35.5. The molecule has 3 aliphatic rings. The lowest BCUT2D eigenvalue weighted by Gasteiger charge is -2.28. The minimum Gasteiger partial charge on any atom is -0.478 e. The predicted octanol–water partition coefficient (Wildman–Crippen LogP) is 5.63. The first-order chi connectivity index (χ1) is 19.9. The fourth-order valence-electron chi connectivity index (χ4n) is 5.57. The number of aromatic carboxylic acids is 1. The number of benzene rings is 2. The van der Waals surface area contributed by atoms with E-state index < -0.39 is 11.8 Å². The zero-order valence-corrected chi connectivity index (χ0v) is 23.1. The molecule has 1 fully saturated rings. The number of halogens is 1. The number of aromatic nitrogens is 3. The Balaban J connectivity index is 1.11. The summed E-state index contributed by atoms with van der Waals surface area (Å²) in [5, 5.41) is 10.1. The van der Waals surface area contributed by atoms with Crippen molar-refractivity contribution in [3.05, 3.63) is 88.5 Å². The van der Waals surface area contributed by atoms with Crippen LogP contribution in [-0.2, 0) is 28.2 Å². The average molecular weight is 574 g/mol. The van der Waals surface area contributed by atoms with E-state index in [-0.39, 0.29) is 17.8 Å². The fraction of sp³-hybridized carbons (Fsp3) is 0.323. The van der Waals surface area contributed by atoms with Crippen molar-refractivity contribution in [2.75, 3.05) is 13.2 Å². The summed E-state index contributed by atoms with van der Waals surface area (Å²) < 4.78 is 26.7. The van der Waals surface area contributed by atoms with Crippen molar-refractivity contribution >= 4 is 34.2 Å². The van der Waals surface area contributed by atoms with E-state index in [1.54, 1.807) is 36.5 Å². The van der Waals surface area contributed by atoms with Gasteiger partial charge >= 0.3 is 5.97 Å². The summed E-state index contributed by atoms with van der Waals surface area (Å²) in [5.74, 6) is 0.157. The van der Waals surface area contributed by atoms with E-state index in [0.717, 1.165) is 41.0 Å². The molecule has 41 heavy (non-hydrogen) atoms. The molecule has 210 valence electrons. The number of imidazole rings is 1. The van der Waals surface area contributed by atoms with Gasteiger partial charge in [-0.2, -0.15) is 0 Å². The normalized spacial score (nSPS) is 23.3. The molecular formula is C31H28ClN3O6. The molecule has 0 spiro atoms. The van der Waals surface area contributed by atoms with E-state index in [4.69, 9.17) is 35.5 Å². The van der Waals surface area contributed by atoms with E-state index >= 15 is 0 Å². The molecule has 4 aromatic rings. The Labute approximate surface area is 241 Å². The molecule has 5 heterocycles. The van der Waals surface area contributed by atoms with Gasteiger partial charge in [-0.1, -0.05) is 29.8 Å². The van der Waals surface area contributed by atoms with Gasteiger partial charge in [-0.15, -0.1) is 0 Å². The Morgan fingerprint density at radius 1 is 1.15 bits per heavy atom. The summed E-state index contributed by atoms with van der Waals surface area (Å²) in [6.45, 7) is 3.64. The first-order valence-electron chi connectivity index (χ1n) is 13.6. The van der Waals surface area contributed by atoms with E-state index in [1.807, 2.05) is 25.1 Å². The lowest BCUT2D eigenvalue weighted by atomic mass is 9.99. The molecule has 2 aromatic heterocycles. The van der Waals surface area contributed by atoms with Gasteiger partial charge < -0.3 is 28.6 Å². The van der Waals surface area contributed by atoms with Crippen molar-refractivity contribution in [3.63, 3.8) is 0 Å². The number of ether oxygens (including phenoxy) is 4. The van der Waals surface area contributed by atoms with Crippen LogP contribution in [0.25, 0.3) is 16.6 Å². The van der Waals surface area contributed by atoms with Crippen LogP contribution in [0.5, 0.6) is 11.5 Å². The molecule has 10 heteroatoms. The van der Waals surface area contributed by atoms with Gasteiger partial charge in [0.05, 0.1) is 47.0 Å². The van der Waals surface area contributed by atoms with Gasteiger partial charge in [-0.25, -0.2) is 9.78 Å². The SMILES string of the molecule is C[C@@]1(c2ccc(Cl)cn2)Oc2cccc(C3=CCC(Cc4nc5ccc(C(=O)O)cc5n4C[C@@H]4CCO4)OC3)c2O1. The third-order valence-corrected chi connectivity index (χ3v) is 8.11. The number of para-hydroxylation sites is 1. The number of nitrogens with zero attached hydrogens (tertiary/aromatic N) is 3. The van der Waals surface area contributed by atoms with Crippen molar-refractivity contribution in [2.24, 2.45) is 0 Å². The summed E-state index contributed by atoms with van der Waals surface area (Å²) in [7, 11) is 0. The Kier molecular flexibility index (Phi) is 6.45. The number of rotatable bonds is 7. The topological polar surface area (TPSA) is 105 Å². The van der Waals surface area contributed by atoms with Crippen LogP contribution in [0, 0.1) is 0 Å². The lowest BCUT2D eigenvalue weighted by molar-refractivity contribution is -0.0719. The van der Waals surface area contributed by atoms with Gasteiger partial charge in [0, 0.05) is 31.7 Å². The van der Waals surface area contributed by atoms with Crippen molar-refractivity contribution in [1.82, 2.24) is 14.5 Å². The Hall–Kier alpha value is -3.92. The van der Waals surface area contributed by atoms with Crippen LogP contribution in [0.4, 0.5) is 0 Å². The van der Waals surface area contributed by atoms with Crippen molar-refractivity contribution in [1.29, 1.82) is 0 Å². The number of carbonyl (C=O) groups is 1. The first kappa shape index (κ1) is 26.0. The number of pyridine rings is 1. The third-order valence-electron chi connectivity index (χ3n) is 7.88. The molecule has 0 aliphatic carbocycles. The quantitative estimate of drug-likeness (QED) is 0.303. The van der Waals surface area contributed by atoms with Crippen molar-refractivity contribution in [2.45, 2.75) is 50.7 Å². The molecule has 0 bridgehead atoms. The predicted molar refractivity (Wildman–Crippen MR) is 151 cm³/mol. The smallest absolute Gasteiger partial charge is 0.335 e. The average Bonchev–Trinajstić information content (AvgIpc) is 3.47. The molecule has 9 nitrogen and oxygen atoms in total. The van der Waals surface area contributed by atoms with Crippen LogP contribution in [0.3, 0.4) is 0 Å². The molecule has 3 aliphatic heterocycles. The summed E-state index contributed by atoms with van der Waals surface area (Å²) in [6.07, 6.45) is 6.06. The van der Waals surface area contributed by atoms with Crippen LogP contribution in [0.2, 0.25) is 5.02 Å². The van der Waals surface area contributed by atoms with Crippen LogP contribution >= 0.6 is 11.6 Å². The van der Waals surface area contributed by atoms with Gasteiger partial charge in [0.15, 0.2) is 11.5 Å². The van der Waals surface area contributed by atoms with Gasteiger partial charge in [0.25, 0.3) is 5.79 Å². The molecule has 0 saturated carbocycles. The van der Waals surface area contributed by atoms with E-state index in [9.17, 15) is 9.90 Å². The Bertz CT molecular complexity index is 1680. The second-order valence-electron chi connectivity index (χ2n) is 10.7. The molecule has 0 amide bonds. The first-order valence-corrected chi connectivity index (χ1v) is 14.0. The largest absolute Gasteiger partial charge is 0.478 e. The fourth-order valence-corrected chi connectivity index (χ4v) is 5.68. The van der Waals surface area contributed by atoms with Crippen molar-refractivity contribution < 1.29 is 28.8 Å². The Morgan fingerprint density at radius 2 is 2.02 bits per heavy atom. The Morgan fingerprint density at radius 3 is 2.73 bits per heavy atom. The number of carboxylic acids is 1. The highest BCUT2D eigenvalue weighted by Gasteiger charge is 2.41. The monoisotopic (exact) mass is 573 g/mol. The summed E-state index contributed by atoms with van der Waals surface area (Å²) in [4.78, 5) is 20.9. The van der Waals surface area contributed by atoms with Gasteiger partial charge in [-0.05, 0) is 54.8 Å². The second-order valence-corrected chi connectivity index (χ2v) is 11.1. The molecule has 1 unspecified atom stereocenters. The highest BCUT2D eigenvalue weighted by Crippen LogP contribution is 2.48. The maximum atomic E-state index is 11.6. The number of hydrogen-bond acceptors (Lipinski definition) is 7. The number of fused-ring (bicyclic) bond motifs is 2. The van der Waals surface area contributed by atoms with Crippen molar-refractivity contribution in [3.8, 4) is 11.5 Å². The maximum Gasteiger partial charge on any atom is 0.335 e. The van der Waals surface area contributed by atoms with E-state index in [1.165, 1.54) is 0 Å². The summed E-state index contributed by atoms with van der Waals surface area (Å²) in [6, 6.07) is 14.5. The van der Waals surface area contributed by atoms with E-state index in [2.05, 4.69) is 15.6 Å². The van der Waals surface area contributed by atoms with E-state index in [0.29, 0.717) is 48.2 Å². The maximum absolute atomic E-state index is 11.6. The molecule has 3 atom stereocenters.